The minimum absolute atomic E-state index is 0.195. The summed E-state index contributed by atoms with van der Waals surface area (Å²) in [5, 5.41) is 23.0. The number of aryl methyl sites for hydroxylation is 2. The summed E-state index contributed by atoms with van der Waals surface area (Å²) >= 11 is 0. The number of nitrogens with zero attached hydrogens (tertiary/aromatic N) is 5. The number of benzene rings is 1. The van der Waals surface area contributed by atoms with E-state index in [1.807, 2.05) is 0 Å². The lowest BCUT2D eigenvalue weighted by Gasteiger charge is -2.04. The van der Waals surface area contributed by atoms with Crippen molar-refractivity contribution in [3.63, 3.8) is 0 Å². The Morgan fingerprint density at radius 2 is 2.24 bits per heavy atom. The summed E-state index contributed by atoms with van der Waals surface area (Å²) < 4.78 is 14.5. The molecule has 1 aromatic heterocycles. The van der Waals surface area contributed by atoms with Gasteiger partial charge >= 0.3 is 0 Å². The summed E-state index contributed by atoms with van der Waals surface area (Å²) in [7, 11) is 1.62. The first kappa shape index (κ1) is 11.2. The van der Waals surface area contributed by atoms with Crippen molar-refractivity contribution in [1.29, 1.82) is 0 Å². The van der Waals surface area contributed by atoms with Crippen LogP contribution in [0.2, 0.25) is 0 Å². The van der Waals surface area contributed by atoms with Crippen LogP contribution in [0.15, 0.2) is 23.4 Å². The Labute approximate surface area is 96.4 Å². The molecular formula is C10H10FN5O. The number of hydrogen-bond donors (Lipinski definition) is 1. The van der Waals surface area contributed by atoms with Gasteiger partial charge in [0, 0.05) is 12.6 Å². The van der Waals surface area contributed by atoms with Gasteiger partial charge in [0.1, 0.15) is 5.82 Å². The second-order valence-corrected chi connectivity index (χ2v) is 3.54. The highest BCUT2D eigenvalue weighted by atomic mass is 19.1. The van der Waals surface area contributed by atoms with Crippen LogP contribution in [0.1, 0.15) is 17.0 Å². The fourth-order valence-electron chi connectivity index (χ4n) is 1.45. The van der Waals surface area contributed by atoms with Gasteiger partial charge in [-0.1, -0.05) is 5.16 Å². The number of aromatic nitrogens is 4. The number of halogens is 1. The fraction of sp³-hybridized carbons (Fsp3) is 0.200. The van der Waals surface area contributed by atoms with Gasteiger partial charge in [-0.05, 0) is 41.1 Å². The van der Waals surface area contributed by atoms with Gasteiger partial charge < -0.3 is 5.21 Å². The molecule has 6 nitrogen and oxygen atoms in total. The van der Waals surface area contributed by atoms with E-state index in [9.17, 15) is 4.39 Å². The minimum Gasteiger partial charge on any atom is -0.410 e. The van der Waals surface area contributed by atoms with Crippen LogP contribution in [0, 0.1) is 12.7 Å². The van der Waals surface area contributed by atoms with Crippen molar-refractivity contribution in [1.82, 2.24) is 20.2 Å². The molecule has 1 heterocycles. The van der Waals surface area contributed by atoms with Crippen LogP contribution >= 0.6 is 0 Å². The molecule has 17 heavy (non-hydrogen) atoms. The lowest BCUT2D eigenvalue weighted by Crippen LogP contribution is -2.11. The van der Waals surface area contributed by atoms with E-state index >= 15 is 0 Å². The van der Waals surface area contributed by atoms with Crippen LogP contribution in [0.25, 0.3) is 0 Å². The first-order valence-electron chi connectivity index (χ1n) is 4.85. The zero-order chi connectivity index (χ0) is 12.4. The molecule has 0 unspecified atom stereocenters. The summed E-state index contributed by atoms with van der Waals surface area (Å²) in [6.45, 7) is 1.63. The van der Waals surface area contributed by atoms with E-state index in [1.165, 1.54) is 16.8 Å². The molecule has 0 aliphatic carbocycles. The van der Waals surface area contributed by atoms with Crippen LogP contribution in [-0.2, 0) is 7.05 Å². The molecule has 1 aromatic carbocycles. The predicted octanol–water partition coefficient (Wildman–Crippen LogP) is 0.884. The molecule has 0 bridgehead atoms. The molecule has 0 atom stereocenters. The van der Waals surface area contributed by atoms with Crippen LogP contribution in [-0.4, -0.2) is 31.1 Å². The van der Waals surface area contributed by atoms with E-state index in [1.54, 1.807) is 20.0 Å². The Morgan fingerprint density at radius 1 is 1.47 bits per heavy atom. The van der Waals surface area contributed by atoms with Gasteiger partial charge in [0.15, 0.2) is 5.71 Å². The smallest absolute Gasteiger partial charge is 0.204 e. The third-order valence-corrected chi connectivity index (χ3v) is 2.36. The molecule has 1 N–H and O–H groups in total. The average Bonchev–Trinajstić information content (AvgIpc) is 2.71. The van der Waals surface area contributed by atoms with Crippen molar-refractivity contribution in [3.05, 3.63) is 41.0 Å². The summed E-state index contributed by atoms with van der Waals surface area (Å²) in [6, 6.07) is 4.38. The molecule has 0 saturated carbocycles. The lowest BCUT2D eigenvalue weighted by molar-refractivity contribution is 0.319. The van der Waals surface area contributed by atoms with E-state index in [0.717, 1.165) is 0 Å². The molecule has 0 saturated heterocycles. The molecule has 2 rings (SSSR count). The van der Waals surface area contributed by atoms with E-state index in [0.29, 0.717) is 17.0 Å². The van der Waals surface area contributed by atoms with E-state index in [4.69, 9.17) is 5.21 Å². The Balaban J connectivity index is 2.51. The summed E-state index contributed by atoms with van der Waals surface area (Å²) in [5.74, 6) is -0.0133. The Bertz CT molecular complexity index is 578. The van der Waals surface area contributed by atoms with Crippen molar-refractivity contribution in [2.75, 3.05) is 0 Å². The molecular weight excluding hydrogens is 225 g/mol. The van der Waals surface area contributed by atoms with Crippen LogP contribution in [0.4, 0.5) is 4.39 Å². The van der Waals surface area contributed by atoms with Crippen LogP contribution in [0.5, 0.6) is 0 Å². The monoisotopic (exact) mass is 235 g/mol. The lowest BCUT2D eigenvalue weighted by atomic mass is 10.1. The van der Waals surface area contributed by atoms with Crippen molar-refractivity contribution in [2.45, 2.75) is 6.92 Å². The van der Waals surface area contributed by atoms with Gasteiger partial charge in [0.25, 0.3) is 0 Å². The number of rotatable bonds is 2. The molecule has 2 aromatic rings. The predicted molar refractivity (Wildman–Crippen MR) is 57.4 cm³/mol. The highest BCUT2D eigenvalue weighted by Gasteiger charge is 2.15. The zero-order valence-electron chi connectivity index (χ0n) is 9.29. The number of oxime groups is 1. The second-order valence-electron chi connectivity index (χ2n) is 3.54. The molecule has 88 valence electrons. The maximum Gasteiger partial charge on any atom is 0.204 e. The van der Waals surface area contributed by atoms with Crippen molar-refractivity contribution < 1.29 is 9.60 Å². The Morgan fingerprint density at radius 3 is 2.76 bits per heavy atom. The van der Waals surface area contributed by atoms with E-state index in [-0.39, 0.29) is 11.5 Å². The summed E-state index contributed by atoms with van der Waals surface area (Å²) in [5.41, 5.74) is 1.20. The van der Waals surface area contributed by atoms with Crippen molar-refractivity contribution >= 4 is 5.71 Å². The zero-order valence-corrected chi connectivity index (χ0v) is 9.29. The third kappa shape index (κ3) is 1.99. The second kappa shape index (κ2) is 4.28. The Kier molecular flexibility index (Phi) is 2.82. The number of hydrogen-bond acceptors (Lipinski definition) is 5. The van der Waals surface area contributed by atoms with Crippen molar-refractivity contribution in [3.8, 4) is 0 Å². The molecule has 0 spiro atoms. The van der Waals surface area contributed by atoms with Gasteiger partial charge in [0.2, 0.25) is 5.82 Å². The van der Waals surface area contributed by atoms with Gasteiger partial charge in [-0.15, -0.1) is 5.10 Å². The minimum atomic E-state index is -0.317. The normalized spacial score (nSPS) is 11.8. The molecule has 0 radical (unpaired) electrons. The highest BCUT2D eigenvalue weighted by Crippen LogP contribution is 2.12. The molecule has 0 amide bonds. The molecule has 7 heteroatoms. The van der Waals surface area contributed by atoms with Gasteiger partial charge in [-0.3, -0.25) is 0 Å². The quantitative estimate of drug-likeness (QED) is 0.476. The fourth-order valence-corrected chi connectivity index (χ4v) is 1.45. The SMILES string of the molecule is Cc1cc(C(=NO)c2nnnn2C)ccc1F. The Hall–Kier alpha value is -2.31. The molecule has 0 fully saturated rings. The standard InChI is InChI=1S/C10H10FN5O/c1-6-5-7(3-4-8(6)11)9(13-17)10-12-14-15-16(10)2/h3-5,17H,1-2H3. The van der Waals surface area contributed by atoms with E-state index < -0.39 is 0 Å². The topological polar surface area (TPSA) is 76.2 Å². The molecule has 0 aliphatic heterocycles. The van der Waals surface area contributed by atoms with Crippen LogP contribution < -0.4 is 0 Å². The molecule has 0 aliphatic rings. The van der Waals surface area contributed by atoms with Crippen molar-refractivity contribution in [2.24, 2.45) is 12.2 Å². The number of tetrazole rings is 1. The maximum absolute atomic E-state index is 13.1. The third-order valence-electron chi connectivity index (χ3n) is 2.36. The first-order chi connectivity index (χ1) is 8.13. The first-order valence-corrected chi connectivity index (χ1v) is 4.85. The van der Waals surface area contributed by atoms with E-state index in [2.05, 4.69) is 20.7 Å². The average molecular weight is 235 g/mol. The maximum atomic E-state index is 13.1. The largest absolute Gasteiger partial charge is 0.410 e. The van der Waals surface area contributed by atoms with Crippen LogP contribution in [0.3, 0.4) is 0 Å². The van der Waals surface area contributed by atoms with Gasteiger partial charge in [0.05, 0.1) is 0 Å². The summed E-state index contributed by atoms with van der Waals surface area (Å²) in [4.78, 5) is 0. The van der Waals surface area contributed by atoms with Gasteiger partial charge in [-0.2, -0.15) is 0 Å². The summed E-state index contributed by atoms with van der Waals surface area (Å²) in [6.07, 6.45) is 0. The highest BCUT2D eigenvalue weighted by molar-refractivity contribution is 6.10. The van der Waals surface area contributed by atoms with Gasteiger partial charge in [-0.25, -0.2) is 9.07 Å².